The molecule has 21 heavy (non-hydrogen) atoms. The lowest BCUT2D eigenvalue weighted by molar-refractivity contribution is 0.0921. The van der Waals surface area contributed by atoms with Gasteiger partial charge in [0.2, 0.25) is 0 Å². The van der Waals surface area contributed by atoms with Crippen molar-refractivity contribution >= 4 is 5.78 Å². The molecular weight excluding hydrogens is 278 g/mol. The Kier molecular flexibility index (Phi) is 4.87. The van der Waals surface area contributed by atoms with E-state index in [0.717, 1.165) is 12.1 Å². The predicted octanol–water partition coefficient (Wildman–Crippen LogP) is 3.63. The molecule has 0 spiro atoms. The molecule has 0 bridgehead atoms. The normalized spacial score (nSPS) is 10.2. The third-order valence-corrected chi connectivity index (χ3v) is 2.75. The zero-order valence-electron chi connectivity index (χ0n) is 11.4. The molecule has 110 valence electrons. The highest BCUT2D eigenvalue weighted by atomic mass is 19.2. The largest absolute Gasteiger partial charge is 0.494 e. The maximum Gasteiger partial charge on any atom is 0.200 e. The van der Waals surface area contributed by atoms with Gasteiger partial charge in [-0.1, -0.05) is 0 Å². The van der Waals surface area contributed by atoms with Crippen LogP contribution < -0.4 is 9.47 Å². The fourth-order valence-electron chi connectivity index (χ4n) is 1.70. The molecule has 0 aliphatic carbocycles. The second kappa shape index (κ2) is 6.83. The van der Waals surface area contributed by atoms with Crippen LogP contribution in [0.1, 0.15) is 17.3 Å². The highest BCUT2D eigenvalue weighted by Gasteiger charge is 2.10. The molecule has 0 saturated heterocycles. The summed E-state index contributed by atoms with van der Waals surface area (Å²) in [7, 11) is 0. The summed E-state index contributed by atoms with van der Waals surface area (Å²) in [5, 5.41) is 0. The van der Waals surface area contributed by atoms with Crippen LogP contribution in [0.15, 0.2) is 42.5 Å². The Balaban J connectivity index is 1.95. The van der Waals surface area contributed by atoms with Gasteiger partial charge in [0, 0.05) is 5.56 Å². The number of ketones is 1. The smallest absolute Gasteiger partial charge is 0.200 e. The van der Waals surface area contributed by atoms with Gasteiger partial charge in [-0.3, -0.25) is 4.79 Å². The summed E-state index contributed by atoms with van der Waals surface area (Å²) in [4.78, 5) is 11.8. The average molecular weight is 292 g/mol. The minimum absolute atomic E-state index is 0.0693. The summed E-state index contributed by atoms with van der Waals surface area (Å²) in [5.74, 6) is -1.27. The first-order valence-electron chi connectivity index (χ1n) is 6.44. The number of benzene rings is 2. The van der Waals surface area contributed by atoms with Crippen LogP contribution in [0.2, 0.25) is 0 Å². The Hall–Kier alpha value is -2.43. The van der Waals surface area contributed by atoms with Gasteiger partial charge >= 0.3 is 0 Å². The molecule has 0 heterocycles. The number of Topliss-reactive ketones (excluding diaryl/α,β-unsaturated/α-hetero) is 1. The van der Waals surface area contributed by atoms with Crippen LogP contribution in [-0.2, 0) is 0 Å². The fourth-order valence-corrected chi connectivity index (χ4v) is 1.70. The van der Waals surface area contributed by atoms with E-state index in [9.17, 15) is 13.6 Å². The monoisotopic (exact) mass is 292 g/mol. The molecule has 0 N–H and O–H groups in total. The SMILES string of the molecule is CCOc1ccc(OCC(=O)c2ccc(F)c(F)c2)cc1. The molecule has 5 heteroatoms. The van der Waals surface area contributed by atoms with Gasteiger partial charge in [-0.25, -0.2) is 8.78 Å². The van der Waals surface area contributed by atoms with Crippen LogP contribution in [0.25, 0.3) is 0 Å². The van der Waals surface area contributed by atoms with Gasteiger partial charge in [0.15, 0.2) is 24.0 Å². The van der Waals surface area contributed by atoms with Gasteiger partial charge in [0.05, 0.1) is 6.61 Å². The Morgan fingerprint density at radius 3 is 2.14 bits per heavy atom. The van der Waals surface area contributed by atoms with E-state index in [1.165, 1.54) is 6.07 Å². The topological polar surface area (TPSA) is 35.5 Å². The van der Waals surface area contributed by atoms with E-state index in [1.54, 1.807) is 24.3 Å². The molecule has 0 unspecified atom stereocenters. The molecule has 2 aromatic carbocycles. The van der Waals surface area contributed by atoms with Crippen LogP contribution in [-0.4, -0.2) is 19.0 Å². The van der Waals surface area contributed by atoms with Crippen LogP contribution in [0.3, 0.4) is 0 Å². The molecular formula is C16H14F2O3. The van der Waals surface area contributed by atoms with Crippen molar-refractivity contribution in [2.45, 2.75) is 6.92 Å². The number of hydrogen-bond acceptors (Lipinski definition) is 3. The maximum atomic E-state index is 13.0. The molecule has 0 aliphatic rings. The van der Waals surface area contributed by atoms with Gasteiger partial charge in [0.25, 0.3) is 0 Å². The van der Waals surface area contributed by atoms with Crippen molar-refractivity contribution in [3.63, 3.8) is 0 Å². The van der Waals surface area contributed by atoms with Crippen LogP contribution in [0, 0.1) is 11.6 Å². The summed E-state index contributed by atoms with van der Waals surface area (Å²) < 4.78 is 36.4. The number of hydrogen-bond donors (Lipinski definition) is 0. The van der Waals surface area contributed by atoms with Crippen molar-refractivity contribution in [1.29, 1.82) is 0 Å². The lowest BCUT2D eigenvalue weighted by Gasteiger charge is -2.07. The molecule has 0 aromatic heterocycles. The van der Waals surface area contributed by atoms with Crippen molar-refractivity contribution in [1.82, 2.24) is 0 Å². The van der Waals surface area contributed by atoms with Crippen molar-refractivity contribution in [2.24, 2.45) is 0 Å². The fraction of sp³-hybridized carbons (Fsp3) is 0.188. The Morgan fingerprint density at radius 2 is 1.57 bits per heavy atom. The van der Waals surface area contributed by atoms with E-state index in [-0.39, 0.29) is 12.2 Å². The predicted molar refractivity (Wildman–Crippen MR) is 73.8 cm³/mol. The van der Waals surface area contributed by atoms with Gasteiger partial charge in [-0.15, -0.1) is 0 Å². The second-order valence-electron chi connectivity index (χ2n) is 4.25. The van der Waals surface area contributed by atoms with E-state index in [4.69, 9.17) is 9.47 Å². The summed E-state index contributed by atoms with van der Waals surface area (Å²) in [6.07, 6.45) is 0. The highest BCUT2D eigenvalue weighted by molar-refractivity contribution is 5.97. The first-order valence-corrected chi connectivity index (χ1v) is 6.44. The van der Waals surface area contributed by atoms with Crippen molar-refractivity contribution in [3.05, 3.63) is 59.7 Å². The molecule has 0 aliphatic heterocycles. The lowest BCUT2D eigenvalue weighted by Crippen LogP contribution is -2.12. The Labute approximate surface area is 121 Å². The Morgan fingerprint density at radius 1 is 0.952 bits per heavy atom. The molecule has 0 fully saturated rings. The zero-order valence-corrected chi connectivity index (χ0v) is 11.4. The minimum Gasteiger partial charge on any atom is -0.494 e. The van der Waals surface area contributed by atoms with Crippen LogP contribution >= 0.6 is 0 Å². The standard InChI is InChI=1S/C16H14F2O3/c1-2-20-12-4-6-13(7-5-12)21-10-16(19)11-3-8-14(17)15(18)9-11/h3-9H,2,10H2,1H3. The van der Waals surface area contributed by atoms with Crippen molar-refractivity contribution < 1.29 is 23.0 Å². The summed E-state index contributed by atoms with van der Waals surface area (Å²) in [6, 6.07) is 9.79. The van der Waals surface area contributed by atoms with E-state index >= 15 is 0 Å². The van der Waals surface area contributed by atoms with E-state index in [1.807, 2.05) is 6.92 Å². The number of carbonyl (C=O) groups excluding carboxylic acids is 1. The Bertz CT molecular complexity index is 624. The maximum absolute atomic E-state index is 13.0. The lowest BCUT2D eigenvalue weighted by atomic mass is 10.1. The van der Waals surface area contributed by atoms with E-state index in [2.05, 4.69) is 0 Å². The number of rotatable bonds is 6. The molecule has 2 rings (SSSR count). The van der Waals surface area contributed by atoms with E-state index < -0.39 is 17.4 Å². The first kappa shape index (κ1) is 15.0. The van der Waals surface area contributed by atoms with Gasteiger partial charge in [-0.2, -0.15) is 0 Å². The zero-order chi connectivity index (χ0) is 15.2. The average Bonchev–Trinajstić information content (AvgIpc) is 2.49. The van der Waals surface area contributed by atoms with E-state index in [0.29, 0.717) is 18.1 Å². The molecule has 0 atom stereocenters. The number of halogens is 2. The minimum atomic E-state index is -1.05. The van der Waals surface area contributed by atoms with Crippen molar-refractivity contribution in [2.75, 3.05) is 13.2 Å². The molecule has 0 saturated carbocycles. The molecule has 0 radical (unpaired) electrons. The van der Waals surface area contributed by atoms with Gasteiger partial charge < -0.3 is 9.47 Å². The summed E-state index contributed by atoms with van der Waals surface area (Å²) in [5.41, 5.74) is 0.0693. The van der Waals surface area contributed by atoms with Crippen LogP contribution in [0.5, 0.6) is 11.5 Å². The van der Waals surface area contributed by atoms with Crippen molar-refractivity contribution in [3.8, 4) is 11.5 Å². The molecule has 0 amide bonds. The second-order valence-corrected chi connectivity index (χ2v) is 4.25. The third kappa shape index (κ3) is 4.02. The quantitative estimate of drug-likeness (QED) is 0.763. The summed E-state index contributed by atoms with van der Waals surface area (Å²) in [6.45, 7) is 2.19. The van der Waals surface area contributed by atoms with Crippen LogP contribution in [0.4, 0.5) is 8.78 Å². The third-order valence-electron chi connectivity index (χ3n) is 2.75. The summed E-state index contributed by atoms with van der Waals surface area (Å²) >= 11 is 0. The molecule has 3 nitrogen and oxygen atoms in total. The number of ether oxygens (including phenoxy) is 2. The highest BCUT2D eigenvalue weighted by Crippen LogP contribution is 2.18. The van der Waals surface area contributed by atoms with Gasteiger partial charge in [-0.05, 0) is 49.4 Å². The van der Waals surface area contributed by atoms with Gasteiger partial charge in [0.1, 0.15) is 11.5 Å². The molecule has 2 aromatic rings. The first-order chi connectivity index (χ1) is 10.1. The number of carbonyl (C=O) groups is 1.